The molecule has 1 saturated heterocycles. The fourth-order valence-corrected chi connectivity index (χ4v) is 2.90. The van der Waals surface area contributed by atoms with Crippen molar-refractivity contribution in [3.05, 3.63) is 21.9 Å². The molecule has 1 fully saturated rings. The number of aryl methyl sites for hydroxylation is 1. The Hall–Kier alpha value is -1.40. The van der Waals surface area contributed by atoms with Gasteiger partial charge in [-0.15, -0.1) is 0 Å². The van der Waals surface area contributed by atoms with Crippen LogP contribution in [0.3, 0.4) is 0 Å². The Morgan fingerprint density at radius 1 is 1.37 bits per heavy atom. The van der Waals surface area contributed by atoms with Gasteiger partial charge in [-0.2, -0.15) is 11.3 Å². The van der Waals surface area contributed by atoms with Crippen molar-refractivity contribution in [2.45, 2.75) is 6.92 Å². The standard InChI is InChI=1S/C13H19N3O2S/c1-10-8-19-9-11(10)13(18)15(2)7-12(17)16-5-3-14-4-6-16/h8-9,14H,3-7H2,1-2H3. The molecule has 0 bridgehead atoms. The summed E-state index contributed by atoms with van der Waals surface area (Å²) >= 11 is 1.51. The number of thiophene rings is 1. The predicted molar refractivity (Wildman–Crippen MR) is 75.5 cm³/mol. The quantitative estimate of drug-likeness (QED) is 0.881. The van der Waals surface area contributed by atoms with E-state index in [2.05, 4.69) is 5.32 Å². The van der Waals surface area contributed by atoms with Gasteiger partial charge in [-0.1, -0.05) is 0 Å². The molecular weight excluding hydrogens is 262 g/mol. The third-order valence-electron chi connectivity index (χ3n) is 3.27. The summed E-state index contributed by atoms with van der Waals surface area (Å²) in [6, 6.07) is 0. The molecule has 5 nitrogen and oxygen atoms in total. The van der Waals surface area contributed by atoms with E-state index in [4.69, 9.17) is 0 Å². The summed E-state index contributed by atoms with van der Waals surface area (Å²) in [6.45, 7) is 5.15. The van der Waals surface area contributed by atoms with E-state index in [-0.39, 0.29) is 18.4 Å². The van der Waals surface area contributed by atoms with Crippen LogP contribution in [0.1, 0.15) is 15.9 Å². The third kappa shape index (κ3) is 3.33. The summed E-state index contributed by atoms with van der Waals surface area (Å²) in [6.07, 6.45) is 0. The van der Waals surface area contributed by atoms with E-state index in [9.17, 15) is 9.59 Å². The first-order chi connectivity index (χ1) is 9.09. The van der Waals surface area contributed by atoms with Crippen molar-refractivity contribution in [2.75, 3.05) is 39.8 Å². The molecule has 0 saturated carbocycles. The molecule has 0 spiro atoms. The molecule has 19 heavy (non-hydrogen) atoms. The molecule has 0 atom stereocenters. The summed E-state index contributed by atoms with van der Waals surface area (Å²) in [7, 11) is 1.68. The first kappa shape index (κ1) is 14.0. The number of carbonyl (C=O) groups excluding carboxylic acids is 2. The second kappa shape index (κ2) is 6.16. The molecule has 2 heterocycles. The van der Waals surface area contributed by atoms with Gasteiger partial charge >= 0.3 is 0 Å². The number of piperazine rings is 1. The highest BCUT2D eigenvalue weighted by molar-refractivity contribution is 7.08. The lowest BCUT2D eigenvalue weighted by molar-refractivity contribution is -0.132. The zero-order chi connectivity index (χ0) is 13.8. The molecule has 1 aromatic heterocycles. The fraction of sp³-hybridized carbons (Fsp3) is 0.538. The van der Waals surface area contributed by atoms with Crippen LogP contribution in [0.2, 0.25) is 0 Å². The number of hydrogen-bond acceptors (Lipinski definition) is 4. The molecule has 6 heteroatoms. The topological polar surface area (TPSA) is 52.7 Å². The minimum absolute atomic E-state index is 0.0187. The lowest BCUT2D eigenvalue weighted by Gasteiger charge is -2.29. The molecule has 0 radical (unpaired) electrons. The summed E-state index contributed by atoms with van der Waals surface area (Å²) in [5, 5.41) is 6.98. The number of nitrogens with one attached hydrogen (secondary N) is 1. The van der Waals surface area contributed by atoms with Crippen molar-refractivity contribution in [1.29, 1.82) is 0 Å². The van der Waals surface area contributed by atoms with E-state index in [0.29, 0.717) is 5.56 Å². The lowest BCUT2D eigenvalue weighted by atomic mass is 10.2. The first-order valence-corrected chi connectivity index (χ1v) is 7.30. The number of amides is 2. The monoisotopic (exact) mass is 281 g/mol. The van der Waals surface area contributed by atoms with Gasteiger partial charge in [0, 0.05) is 38.6 Å². The Bertz CT molecular complexity index is 466. The van der Waals surface area contributed by atoms with Crippen LogP contribution >= 0.6 is 11.3 Å². The van der Waals surface area contributed by atoms with Crippen molar-refractivity contribution in [2.24, 2.45) is 0 Å². The molecule has 1 aromatic rings. The Labute approximate surface area is 117 Å². The second-order valence-electron chi connectivity index (χ2n) is 4.76. The van der Waals surface area contributed by atoms with Gasteiger partial charge in [0.2, 0.25) is 5.91 Å². The second-order valence-corrected chi connectivity index (χ2v) is 5.50. The lowest BCUT2D eigenvalue weighted by Crippen LogP contribution is -2.49. The van der Waals surface area contributed by atoms with Crippen LogP contribution in [0.25, 0.3) is 0 Å². The average molecular weight is 281 g/mol. The molecule has 0 unspecified atom stereocenters. The minimum atomic E-state index is -0.0813. The van der Waals surface area contributed by atoms with Gasteiger partial charge in [-0.05, 0) is 17.9 Å². The maximum absolute atomic E-state index is 12.2. The maximum atomic E-state index is 12.2. The van der Waals surface area contributed by atoms with Crippen LogP contribution in [0.4, 0.5) is 0 Å². The Morgan fingerprint density at radius 3 is 2.63 bits per heavy atom. The molecule has 1 N–H and O–H groups in total. The molecule has 1 aliphatic heterocycles. The van der Waals surface area contributed by atoms with E-state index in [0.717, 1.165) is 31.7 Å². The first-order valence-electron chi connectivity index (χ1n) is 6.36. The SMILES string of the molecule is Cc1cscc1C(=O)N(C)CC(=O)N1CCNCC1. The maximum Gasteiger partial charge on any atom is 0.255 e. The van der Waals surface area contributed by atoms with Crippen LogP contribution in [-0.4, -0.2) is 61.4 Å². The number of hydrogen-bond donors (Lipinski definition) is 1. The fourth-order valence-electron chi connectivity index (χ4n) is 2.07. The number of likely N-dealkylation sites (N-methyl/N-ethyl adjacent to an activating group) is 1. The molecule has 0 aromatic carbocycles. The average Bonchev–Trinajstić information content (AvgIpc) is 2.85. The molecule has 2 amide bonds. The van der Waals surface area contributed by atoms with Crippen molar-refractivity contribution in [1.82, 2.24) is 15.1 Å². The summed E-state index contributed by atoms with van der Waals surface area (Å²) in [5.74, 6) is -0.0625. The normalized spacial score (nSPS) is 15.4. The van der Waals surface area contributed by atoms with E-state index in [1.807, 2.05) is 17.7 Å². The number of rotatable bonds is 3. The van der Waals surface area contributed by atoms with Gasteiger partial charge in [0.15, 0.2) is 0 Å². The zero-order valence-electron chi connectivity index (χ0n) is 11.3. The smallest absolute Gasteiger partial charge is 0.255 e. The van der Waals surface area contributed by atoms with Crippen molar-refractivity contribution >= 4 is 23.2 Å². The number of carbonyl (C=O) groups is 2. The highest BCUT2D eigenvalue weighted by Crippen LogP contribution is 2.15. The molecule has 2 rings (SSSR count). The van der Waals surface area contributed by atoms with E-state index in [1.54, 1.807) is 11.9 Å². The summed E-state index contributed by atoms with van der Waals surface area (Å²) < 4.78 is 0. The predicted octanol–water partition coefficient (Wildman–Crippen LogP) is 0.560. The van der Waals surface area contributed by atoms with E-state index < -0.39 is 0 Å². The van der Waals surface area contributed by atoms with Gasteiger partial charge < -0.3 is 15.1 Å². The van der Waals surface area contributed by atoms with Crippen LogP contribution in [0, 0.1) is 6.92 Å². The van der Waals surface area contributed by atoms with Gasteiger partial charge in [-0.25, -0.2) is 0 Å². The summed E-state index contributed by atoms with van der Waals surface area (Å²) in [4.78, 5) is 27.6. The van der Waals surface area contributed by atoms with E-state index in [1.165, 1.54) is 16.2 Å². The molecule has 1 aliphatic rings. The van der Waals surface area contributed by atoms with Crippen molar-refractivity contribution in [3.8, 4) is 0 Å². The van der Waals surface area contributed by atoms with Crippen LogP contribution < -0.4 is 5.32 Å². The minimum Gasteiger partial charge on any atom is -0.339 e. The molecular formula is C13H19N3O2S. The highest BCUT2D eigenvalue weighted by atomic mass is 32.1. The van der Waals surface area contributed by atoms with Gasteiger partial charge in [0.1, 0.15) is 0 Å². The molecule has 0 aliphatic carbocycles. The van der Waals surface area contributed by atoms with E-state index >= 15 is 0 Å². The van der Waals surface area contributed by atoms with Gasteiger partial charge in [0.25, 0.3) is 5.91 Å². The van der Waals surface area contributed by atoms with Crippen molar-refractivity contribution < 1.29 is 9.59 Å². The Kier molecular flexibility index (Phi) is 4.55. The third-order valence-corrected chi connectivity index (χ3v) is 4.14. The molecule has 104 valence electrons. The Balaban J connectivity index is 1.93. The zero-order valence-corrected chi connectivity index (χ0v) is 12.1. The van der Waals surface area contributed by atoms with Crippen molar-refractivity contribution in [3.63, 3.8) is 0 Å². The Morgan fingerprint density at radius 2 is 2.05 bits per heavy atom. The van der Waals surface area contributed by atoms with Crippen LogP contribution in [0.15, 0.2) is 10.8 Å². The van der Waals surface area contributed by atoms with Gasteiger partial charge in [0.05, 0.1) is 12.1 Å². The van der Waals surface area contributed by atoms with Crippen LogP contribution in [0.5, 0.6) is 0 Å². The largest absolute Gasteiger partial charge is 0.339 e. The highest BCUT2D eigenvalue weighted by Gasteiger charge is 2.21. The number of nitrogens with zero attached hydrogens (tertiary/aromatic N) is 2. The summed E-state index contributed by atoms with van der Waals surface area (Å²) in [5.41, 5.74) is 1.66. The van der Waals surface area contributed by atoms with Gasteiger partial charge in [-0.3, -0.25) is 9.59 Å². The van der Waals surface area contributed by atoms with Crippen LogP contribution in [-0.2, 0) is 4.79 Å².